The van der Waals surface area contributed by atoms with Crippen molar-refractivity contribution in [1.82, 2.24) is 0 Å². The van der Waals surface area contributed by atoms with Gasteiger partial charge in [0.25, 0.3) is 0 Å². The van der Waals surface area contributed by atoms with Crippen LogP contribution in [-0.2, 0) is 38.0 Å². The van der Waals surface area contributed by atoms with Crippen molar-refractivity contribution in [2.45, 2.75) is 51.9 Å². The summed E-state index contributed by atoms with van der Waals surface area (Å²) in [5.41, 5.74) is 7.27. The molecule has 0 radical (unpaired) electrons. The molecule has 0 aliphatic rings. The van der Waals surface area contributed by atoms with Crippen molar-refractivity contribution in [3.8, 4) is 0 Å². The molecule has 2 N–H and O–H groups in total. The first-order valence-electron chi connectivity index (χ1n) is 12.9. The van der Waals surface area contributed by atoms with Gasteiger partial charge in [0, 0.05) is 0 Å². The molecular formula is C32H30F6N2. The largest absolute Gasteiger partial charge is 0.418 e. The molecule has 4 aromatic rings. The summed E-state index contributed by atoms with van der Waals surface area (Å²) in [6.07, 6.45) is -7.49. The van der Waals surface area contributed by atoms with Crippen molar-refractivity contribution in [1.29, 1.82) is 0 Å². The fourth-order valence-electron chi connectivity index (χ4n) is 4.40. The summed E-state index contributed by atoms with van der Waals surface area (Å²) >= 11 is 0. The second-order valence-corrected chi connectivity index (χ2v) is 9.98. The molecule has 40 heavy (non-hydrogen) atoms. The van der Waals surface area contributed by atoms with Crippen LogP contribution in [0, 0.1) is 13.8 Å². The van der Waals surface area contributed by atoms with Crippen LogP contribution >= 0.6 is 0 Å². The highest BCUT2D eigenvalue weighted by molar-refractivity contribution is 5.62. The maximum atomic E-state index is 13.9. The lowest BCUT2D eigenvalue weighted by Gasteiger charge is -2.20. The number of alkyl halides is 6. The molecule has 0 saturated heterocycles. The van der Waals surface area contributed by atoms with E-state index in [0.717, 1.165) is 34.4 Å². The van der Waals surface area contributed by atoms with Gasteiger partial charge in [-0.05, 0) is 86.1 Å². The molecule has 0 spiro atoms. The summed E-state index contributed by atoms with van der Waals surface area (Å²) in [6.45, 7) is 3.91. The number of hydrogen-bond donors (Lipinski definition) is 2. The van der Waals surface area contributed by atoms with Crippen LogP contribution in [0.2, 0.25) is 0 Å². The highest BCUT2D eigenvalue weighted by Crippen LogP contribution is 2.38. The fraction of sp³-hybridized carbons (Fsp3) is 0.250. The Bertz CT molecular complexity index is 1310. The van der Waals surface area contributed by atoms with Crippen LogP contribution in [0.5, 0.6) is 0 Å². The molecule has 0 saturated carbocycles. The lowest BCUT2D eigenvalue weighted by Crippen LogP contribution is -2.18. The van der Waals surface area contributed by atoms with E-state index in [2.05, 4.69) is 10.9 Å². The predicted molar refractivity (Wildman–Crippen MR) is 147 cm³/mol. The van der Waals surface area contributed by atoms with E-state index in [1.807, 2.05) is 62.4 Å². The number of anilines is 2. The molecule has 210 valence electrons. The molecule has 0 aliphatic heterocycles. The Kier molecular flexibility index (Phi) is 8.76. The van der Waals surface area contributed by atoms with Gasteiger partial charge >= 0.3 is 12.4 Å². The zero-order valence-electron chi connectivity index (χ0n) is 22.2. The summed E-state index contributed by atoms with van der Waals surface area (Å²) < 4.78 is 83.3. The van der Waals surface area contributed by atoms with Gasteiger partial charge in [0.15, 0.2) is 0 Å². The second-order valence-electron chi connectivity index (χ2n) is 9.98. The van der Waals surface area contributed by atoms with Gasteiger partial charge in [-0.3, -0.25) is 0 Å². The number of nitrogens with one attached hydrogen (secondary N) is 2. The maximum Gasteiger partial charge on any atom is 0.418 e. The number of halogens is 6. The van der Waals surface area contributed by atoms with Crippen LogP contribution in [0.1, 0.15) is 44.5 Å². The molecule has 0 heterocycles. The Labute approximate surface area is 230 Å². The predicted octanol–water partition coefficient (Wildman–Crippen LogP) is 9.35. The minimum absolute atomic E-state index is 0.358. The summed E-state index contributed by atoms with van der Waals surface area (Å²) in [7, 11) is 0. The minimum Gasteiger partial charge on any atom is -0.300 e. The van der Waals surface area contributed by atoms with E-state index < -0.39 is 23.5 Å². The van der Waals surface area contributed by atoms with Crippen molar-refractivity contribution in [2.24, 2.45) is 0 Å². The van der Waals surface area contributed by atoms with E-state index in [0.29, 0.717) is 36.8 Å². The van der Waals surface area contributed by atoms with Gasteiger partial charge in [0.1, 0.15) is 0 Å². The van der Waals surface area contributed by atoms with Crippen LogP contribution in [0.25, 0.3) is 0 Å². The van der Waals surface area contributed by atoms with E-state index in [4.69, 9.17) is 0 Å². The smallest absolute Gasteiger partial charge is 0.300 e. The van der Waals surface area contributed by atoms with E-state index in [-0.39, 0.29) is 11.4 Å². The van der Waals surface area contributed by atoms with Gasteiger partial charge in [-0.2, -0.15) is 26.3 Å². The Morgan fingerprint density at radius 1 is 0.450 bits per heavy atom. The lowest BCUT2D eigenvalue weighted by molar-refractivity contribution is -0.138. The van der Waals surface area contributed by atoms with E-state index in [1.165, 1.54) is 12.1 Å². The number of aryl methyl sites for hydroxylation is 6. The van der Waals surface area contributed by atoms with Crippen LogP contribution in [0.15, 0.2) is 84.9 Å². The first-order chi connectivity index (χ1) is 18.9. The van der Waals surface area contributed by atoms with Crippen LogP contribution < -0.4 is 10.9 Å². The van der Waals surface area contributed by atoms with Crippen LogP contribution in [0.4, 0.5) is 37.7 Å². The van der Waals surface area contributed by atoms with E-state index >= 15 is 0 Å². The van der Waals surface area contributed by atoms with Gasteiger partial charge in [-0.15, -0.1) is 0 Å². The molecule has 0 unspecified atom stereocenters. The first-order valence-corrected chi connectivity index (χ1v) is 12.9. The highest BCUT2D eigenvalue weighted by Gasteiger charge is 2.35. The van der Waals surface area contributed by atoms with E-state index in [9.17, 15) is 26.3 Å². The molecule has 4 rings (SSSR count). The number of rotatable bonds is 9. The quantitative estimate of drug-likeness (QED) is 0.159. The molecule has 0 fully saturated rings. The lowest BCUT2D eigenvalue weighted by atomic mass is 10.0. The SMILES string of the molecule is Cc1ccc(CCc2ccc(NNc3ccc(CCc4ccc(C)cc4)cc3C(F)(F)F)c(C(F)(F)F)c2)cc1. The zero-order valence-corrected chi connectivity index (χ0v) is 22.2. The van der Waals surface area contributed by atoms with Crippen LogP contribution in [0.3, 0.4) is 0 Å². The molecule has 0 atom stereocenters. The molecule has 0 bridgehead atoms. The Morgan fingerprint density at radius 3 is 1.07 bits per heavy atom. The fourth-order valence-corrected chi connectivity index (χ4v) is 4.40. The second kappa shape index (κ2) is 12.1. The Morgan fingerprint density at radius 2 is 0.750 bits per heavy atom. The van der Waals surface area contributed by atoms with Gasteiger partial charge in [0.05, 0.1) is 22.5 Å². The van der Waals surface area contributed by atoms with Crippen molar-refractivity contribution in [3.05, 3.63) is 129 Å². The zero-order chi connectivity index (χ0) is 28.9. The molecule has 0 aromatic heterocycles. The molecule has 2 nitrogen and oxygen atoms in total. The third-order valence-electron chi connectivity index (χ3n) is 6.76. The topological polar surface area (TPSA) is 24.1 Å². The summed E-state index contributed by atoms with van der Waals surface area (Å²) in [5, 5.41) is 0. The molecule has 4 aromatic carbocycles. The molecule has 0 amide bonds. The average molecular weight is 557 g/mol. The summed E-state index contributed by atoms with van der Waals surface area (Å²) in [5.74, 6) is 0. The maximum absolute atomic E-state index is 13.9. The highest BCUT2D eigenvalue weighted by atomic mass is 19.4. The van der Waals surface area contributed by atoms with E-state index in [1.54, 1.807) is 12.1 Å². The van der Waals surface area contributed by atoms with Crippen LogP contribution in [-0.4, -0.2) is 0 Å². The molecular weight excluding hydrogens is 526 g/mol. The Balaban J connectivity index is 1.49. The number of benzene rings is 4. The summed E-state index contributed by atoms with van der Waals surface area (Å²) in [6, 6.07) is 23.2. The monoisotopic (exact) mass is 556 g/mol. The molecule has 8 heteroatoms. The summed E-state index contributed by atoms with van der Waals surface area (Å²) in [4.78, 5) is 0. The standard InChI is InChI=1S/C32H30F6N2/c1-21-3-7-23(8-4-21)11-13-25-15-17-29(27(19-25)31(33,34)35)39-40-30-18-16-26(20-28(30)32(36,37)38)14-12-24-9-5-22(2)6-10-24/h3-10,15-20,39-40H,11-14H2,1-2H3. The average Bonchev–Trinajstić information content (AvgIpc) is 2.90. The van der Waals surface area contributed by atoms with Gasteiger partial charge < -0.3 is 10.9 Å². The number of hydrazine groups is 1. The van der Waals surface area contributed by atoms with Crippen molar-refractivity contribution < 1.29 is 26.3 Å². The normalized spacial score (nSPS) is 11.9. The number of hydrogen-bond acceptors (Lipinski definition) is 2. The van der Waals surface area contributed by atoms with Crippen molar-refractivity contribution in [2.75, 3.05) is 10.9 Å². The molecule has 0 aliphatic carbocycles. The van der Waals surface area contributed by atoms with Gasteiger partial charge in [-0.25, -0.2) is 0 Å². The van der Waals surface area contributed by atoms with Crippen molar-refractivity contribution >= 4 is 11.4 Å². The third-order valence-corrected chi connectivity index (χ3v) is 6.76. The van der Waals surface area contributed by atoms with Gasteiger partial charge in [0.2, 0.25) is 0 Å². The Hall–Kier alpha value is -3.94. The third kappa shape index (κ3) is 7.81. The van der Waals surface area contributed by atoms with Crippen molar-refractivity contribution in [3.63, 3.8) is 0 Å². The van der Waals surface area contributed by atoms with Gasteiger partial charge in [-0.1, -0.05) is 71.8 Å². The minimum atomic E-state index is -4.70. The first kappa shape index (κ1) is 29.1.